The molecule has 0 amide bonds. The van der Waals surface area contributed by atoms with Gasteiger partial charge in [-0.25, -0.2) is 0 Å². The standard InChI is InChI=1S/C15H20F2O2/c1-3-5-7-11-19-13-9-8-12(14(16)15(13)17)18-10-6-4-2/h5,7-9H,3-4,6,10-11H2,1-2H3/b7-5+. The summed E-state index contributed by atoms with van der Waals surface area (Å²) in [7, 11) is 0. The van der Waals surface area contributed by atoms with E-state index >= 15 is 0 Å². The first-order valence-corrected chi connectivity index (χ1v) is 6.59. The van der Waals surface area contributed by atoms with Gasteiger partial charge in [0.05, 0.1) is 6.61 Å². The Morgan fingerprint density at radius 1 is 1.00 bits per heavy atom. The summed E-state index contributed by atoms with van der Waals surface area (Å²) in [6.07, 6.45) is 6.29. The van der Waals surface area contributed by atoms with Crippen LogP contribution in [0.5, 0.6) is 11.5 Å². The molecule has 0 saturated heterocycles. The molecule has 0 heterocycles. The largest absolute Gasteiger partial charge is 0.490 e. The molecule has 0 unspecified atom stereocenters. The van der Waals surface area contributed by atoms with Crippen LogP contribution in [0.1, 0.15) is 33.1 Å². The fraction of sp³-hybridized carbons (Fsp3) is 0.467. The van der Waals surface area contributed by atoms with Gasteiger partial charge in [0.1, 0.15) is 6.61 Å². The van der Waals surface area contributed by atoms with Gasteiger partial charge in [-0.2, -0.15) is 8.78 Å². The molecule has 0 aliphatic rings. The maximum atomic E-state index is 13.7. The lowest BCUT2D eigenvalue weighted by molar-refractivity contribution is 0.280. The molecular weight excluding hydrogens is 250 g/mol. The molecule has 106 valence electrons. The van der Waals surface area contributed by atoms with E-state index in [1.54, 1.807) is 6.08 Å². The Bertz CT molecular complexity index is 417. The summed E-state index contributed by atoms with van der Waals surface area (Å²) in [6.45, 7) is 4.59. The monoisotopic (exact) mass is 270 g/mol. The van der Waals surface area contributed by atoms with E-state index in [1.807, 2.05) is 19.9 Å². The van der Waals surface area contributed by atoms with E-state index in [0.29, 0.717) is 6.61 Å². The predicted molar refractivity (Wildman–Crippen MR) is 71.7 cm³/mol. The van der Waals surface area contributed by atoms with Gasteiger partial charge >= 0.3 is 0 Å². The molecule has 2 nitrogen and oxygen atoms in total. The van der Waals surface area contributed by atoms with E-state index in [0.717, 1.165) is 19.3 Å². The molecule has 0 N–H and O–H groups in total. The molecule has 0 aromatic heterocycles. The van der Waals surface area contributed by atoms with E-state index in [2.05, 4.69) is 0 Å². The van der Waals surface area contributed by atoms with Crippen LogP contribution in [-0.2, 0) is 0 Å². The number of hydrogen-bond acceptors (Lipinski definition) is 2. The van der Waals surface area contributed by atoms with Gasteiger partial charge in [-0.15, -0.1) is 0 Å². The van der Waals surface area contributed by atoms with Crippen LogP contribution >= 0.6 is 0 Å². The Labute approximate surface area is 113 Å². The van der Waals surface area contributed by atoms with Crippen molar-refractivity contribution in [1.82, 2.24) is 0 Å². The Morgan fingerprint density at radius 3 is 2.21 bits per heavy atom. The minimum absolute atomic E-state index is 0.0672. The zero-order valence-electron chi connectivity index (χ0n) is 11.4. The van der Waals surface area contributed by atoms with Gasteiger partial charge < -0.3 is 9.47 Å². The van der Waals surface area contributed by atoms with Crippen LogP contribution in [0.2, 0.25) is 0 Å². The van der Waals surface area contributed by atoms with E-state index in [4.69, 9.17) is 9.47 Å². The molecule has 1 rings (SSSR count). The van der Waals surface area contributed by atoms with Crippen LogP contribution < -0.4 is 9.47 Å². The van der Waals surface area contributed by atoms with E-state index in [-0.39, 0.29) is 18.1 Å². The third-order valence-corrected chi connectivity index (χ3v) is 2.50. The van der Waals surface area contributed by atoms with Crippen LogP contribution in [0, 0.1) is 11.6 Å². The number of hydrogen-bond donors (Lipinski definition) is 0. The van der Waals surface area contributed by atoms with Gasteiger partial charge in [-0.1, -0.05) is 32.4 Å². The second-order valence-corrected chi connectivity index (χ2v) is 4.08. The number of halogens is 2. The highest BCUT2D eigenvalue weighted by Crippen LogP contribution is 2.27. The minimum atomic E-state index is -1.00. The summed E-state index contributed by atoms with van der Waals surface area (Å²) in [4.78, 5) is 0. The molecule has 0 saturated carbocycles. The summed E-state index contributed by atoms with van der Waals surface area (Å²) >= 11 is 0. The molecule has 0 bridgehead atoms. The number of benzene rings is 1. The van der Waals surface area contributed by atoms with E-state index in [9.17, 15) is 8.78 Å². The first-order valence-electron chi connectivity index (χ1n) is 6.59. The zero-order chi connectivity index (χ0) is 14.1. The Morgan fingerprint density at radius 2 is 1.63 bits per heavy atom. The van der Waals surface area contributed by atoms with Gasteiger partial charge in [0.25, 0.3) is 0 Å². The predicted octanol–water partition coefficient (Wildman–Crippen LogP) is 4.49. The number of allylic oxidation sites excluding steroid dienone is 1. The van der Waals surface area contributed by atoms with E-state index in [1.165, 1.54) is 12.1 Å². The van der Waals surface area contributed by atoms with Gasteiger partial charge in [0.2, 0.25) is 11.6 Å². The molecule has 0 aliphatic carbocycles. The molecule has 0 fully saturated rings. The molecule has 1 aromatic carbocycles. The van der Waals surface area contributed by atoms with Crippen LogP contribution in [-0.4, -0.2) is 13.2 Å². The molecule has 19 heavy (non-hydrogen) atoms. The van der Waals surface area contributed by atoms with Crippen molar-refractivity contribution in [3.05, 3.63) is 35.9 Å². The molecular formula is C15H20F2O2. The smallest absolute Gasteiger partial charge is 0.204 e. The van der Waals surface area contributed by atoms with E-state index < -0.39 is 11.6 Å². The topological polar surface area (TPSA) is 18.5 Å². The summed E-state index contributed by atoms with van der Waals surface area (Å²) in [5, 5.41) is 0. The first kappa shape index (κ1) is 15.5. The van der Waals surface area contributed by atoms with Gasteiger partial charge in [-0.05, 0) is 25.0 Å². The SMILES string of the molecule is CC/C=C/COc1ccc(OCCCC)c(F)c1F. The molecule has 1 aromatic rings. The normalized spacial score (nSPS) is 10.9. The maximum absolute atomic E-state index is 13.7. The zero-order valence-corrected chi connectivity index (χ0v) is 11.4. The lowest BCUT2D eigenvalue weighted by Gasteiger charge is -2.10. The fourth-order valence-corrected chi connectivity index (χ4v) is 1.44. The Hall–Kier alpha value is -1.58. The number of rotatable bonds is 8. The van der Waals surface area contributed by atoms with Crippen molar-refractivity contribution >= 4 is 0 Å². The van der Waals surface area contributed by atoms with Crippen molar-refractivity contribution in [2.75, 3.05) is 13.2 Å². The van der Waals surface area contributed by atoms with Gasteiger partial charge in [0.15, 0.2) is 11.5 Å². The number of unbranched alkanes of at least 4 members (excludes halogenated alkanes) is 1. The Kier molecular flexibility index (Phi) is 6.93. The second-order valence-electron chi connectivity index (χ2n) is 4.08. The van der Waals surface area contributed by atoms with Crippen LogP contribution in [0.4, 0.5) is 8.78 Å². The first-order chi connectivity index (χ1) is 9.20. The van der Waals surface area contributed by atoms with Gasteiger partial charge in [-0.3, -0.25) is 0 Å². The molecule has 0 aliphatic heterocycles. The highest BCUT2D eigenvalue weighted by atomic mass is 19.2. The fourth-order valence-electron chi connectivity index (χ4n) is 1.44. The average Bonchev–Trinajstić information content (AvgIpc) is 2.42. The molecule has 4 heteroatoms. The summed E-state index contributed by atoms with van der Waals surface area (Å²) in [6, 6.07) is 2.78. The average molecular weight is 270 g/mol. The minimum Gasteiger partial charge on any atom is -0.490 e. The summed E-state index contributed by atoms with van der Waals surface area (Å²) < 4.78 is 37.7. The van der Waals surface area contributed by atoms with Crippen molar-refractivity contribution < 1.29 is 18.3 Å². The lowest BCUT2D eigenvalue weighted by atomic mass is 10.3. The lowest BCUT2D eigenvalue weighted by Crippen LogP contribution is -2.03. The van der Waals surface area contributed by atoms with Crippen LogP contribution in [0.3, 0.4) is 0 Å². The van der Waals surface area contributed by atoms with Crippen molar-refractivity contribution in [1.29, 1.82) is 0 Å². The highest BCUT2D eigenvalue weighted by Gasteiger charge is 2.15. The van der Waals surface area contributed by atoms with Crippen molar-refractivity contribution in [2.24, 2.45) is 0 Å². The van der Waals surface area contributed by atoms with Gasteiger partial charge in [0, 0.05) is 0 Å². The summed E-state index contributed by atoms with van der Waals surface area (Å²) in [5.41, 5.74) is 0. The second kappa shape index (κ2) is 8.51. The highest BCUT2D eigenvalue weighted by molar-refractivity contribution is 5.35. The molecule has 0 radical (unpaired) electrons. The van der Waals surface area contributed by atoms with Crippen LogP contribution in [0.15, 0.2) is 24.3 Å². The Balaban J connectivity index is 2.65. The quantitative estimate of drug-likeness (QED) is 0.512. The third-order valence-electron chi connectivity index (χ3n) is 2.50. The number of ether oxygens (including phenoxy) is 2. The third kappa shape index (κ3) is 4.89. The van der Waals surface area contributed by atoms with Crippen molar-refractivity contribution in [3.8, 4) is 11.5 Å². The van der Waals surface area contributed by atoms with Crippen molar-refractivity contribution in [2.45, 2.75) is 33.1 Å². The molecule has 0 spiro atoms. The maximum Gasteiger partial charge on any atom is 0.204 e. The van der Waals surface area contributed by atoms with Crippen LogP contribution in [0.25, 0.3) is 0 Å². The summed E-state index contributed by atoms with van der Waals surface area (Å²) in [5.74, 6) is -2.16. The van der Waals surface area contributed by atoms with Crippen molar-refractivity contribution in [3.63, 3.8) is 0 Å². The molecule has 0 atom stereocenters.